The normalized spacial score (nSPS) is 14.6. The van der Waals surface area contributed by atoms with Gasteiger partial charge < -0.3 is 10.6 Å². The van der Waals surface area contributed by atoms with Crippen LogP contribution in [0.1, 0.15) is 18.4 Å². The van der Waals surface area contributed by atoms with E-state index in [1.165, 1.54) is 6.07 Å². The summed E-state index contributed by atoms with van der Waals surface area (Å²) in [5.74, 6) is 1.15. The fraction of sp³-hybridized carbons (Fsp3) is 0.286. The molecule has 2 aromatic rings. The van der Waals surface area contributed by atoms with Gasteiger partial charge in [-0.15, -0.1) is 0 Å². The lowest BCUT2D eigenvalue weighted by atomic mass is 10.2. The van der Waals surface area contributed by atoms with Crippen molar-refractivity contribution in [3.63, 3.8) is 0 Å². The molecule has 1 aliphatic carbocycles. The molecule has 1 aromatic heterocycles. The number of benzene rings is 1. The van der Waals surface area contributed by atoms with Crippen LogP contribution < -0.4 is 15.8 Å². The van der Waals surface area contributed by atoms with Crippen LogP contribution in [0.25, 0.3) is 0 Å². The van der Waals surface area contributed by atoms with Crippen LogP contribution in [0, 0.1) is 6.92 Å². The maximum atomic E-state index is 11.6. The number of aryl methyl sites for hydroxylation is 1. The number of rotatable bonds is 5. The summed E-state index contributed by atoms with van der Waals surface area (Å²) in [4.78, 5) is 8.60. The Morgan fingerprint density at radius 3 is 2.73 bits per heavy atom. The van der Waals surface area contributed by atoms with Crippen LogP contribution in [0.15, 0.2) is 35.4 Å². The number of nitrogens with two attached hydrogens (primary N) is 1. The summed E-state index contributed by atoms with van der Waals surface area (Å²) in [5.41, 5.74) is 1.21. The molecule has 0 amide bonds. The van der Waals surface area contributed by atoms with Gasteiger partial charge in [0, 0.05) is 17.9 Å². The Morgan fingerprint density at radius 2 is 2.05 bits per heavy atom. The van der Waals surface area contributed by atoms with Crippen molar-refractivity contribution >= 4 is 27.5 Å². The molecule has 0 saturated heterocycles. The molecule has 7 nitrogen and oxygen atoms in total. The zero-order chi connectivity index (χ0) is 15.7. The smallest absolute Gasteiger partial charge is 0.238 e. The largest absolute Gasteiger partial charge is 0.351 e. The van der Waals surface area contributed by atoms with Gasteiger partial charge in [-0.3, -0.25) is 0 Å². The third-order valence-electron chi connectivity index (χ3n) is 3.33. The first-order valence-electron chi connectivity index (χ1n) is 6.92. The number of anilines is 3. The van der Waals surface area contributed by atoms with Crippen LogP contribution in [-0.4, -0.2) is 24.4 Å². The lowest BCUT2D eigenvalue weighted by Crippen LogP contribution is -2.14. The molecule has 1 heterocycles. The summed E-state index contributed by atoms with van der Waals surface area (Å²) in [6.07, 6.45) is 3.92. The van der Waals surface area contributed by atoms with E-state index in [9.17, 15) is 8.42 Å². The maximum Gasteiger partial charge on any atom is 0.238 e. The van der Waals surface area contributed by atoms with Gasteiger partial charge >= 0.3 is 0 Å². The Labute approximate surface area is 129 Å². The molecule has 0 aliphatic heterocycles. The van der Waals surface area contributed by atoms with E-state index in [2.05, 4.69) is 20.6 Å². The van der Waals surface area contributed by atoms with Crippen molar-refractivity contribution in [1.29, 1.82) is 0 Å². The maximum absolute atomic E-state index is 11.6. The molecule has 1 aliphatic rings. The van der Waals surface area contributed by atoms with Gasteiger partial charge in [-0.1, -0.05) is 6.07 Å². The summed E-state index contributed by atoms with van der Waals surface area (Å²) in [7, 11) is -3.75. The van der Waals surface area contributed by atoms with E-state index in [0.29, 0.717) is 29.1 Å². The third kappa shape index (κ3) is 3.52. The first-order chi connectivity index (χ1) is 10.4. The highest BCUT2D eigenvalue weighted by molar-refractivity contribution is 7.89. The highest BCUT2D eigenvalue weighted by Crippen LogP contribution is 2.24. The molecule has 1 aromatic carbocycles. The highest BCUT2D eigenvalue weighted by Gasteiger charge is 2.21. The SMILES string of the molecule is Cc1ccc(Nc2ccnc(NC3CC3)n2)cc1S(N)(=O)=O. The molecule has 0 spiro atoms. The molecule has 1 saturated carbocycles. The van der Waals surface area contributed by atoms with Crippen molar-refractivity contribution in [2.45, 2.75) is 30.7 Å². The fourth-order valence-electron chi connectivity index (χ4n) is 2.04. The monoisotopic (exact) mass is 319 g/mol. The Kier molecular flexibility index (Phi) is 3.71. The van der Waals surface area contributed by atoms with E-state index in [1.807, 2.05) is 0 Å². The van der Waals surface area contributed by atoms with Crippen molar-refractivity contribution < 1.29 is 8.42 Å². The Balaban J connectivity index is 1.83. The molecule has 116 valence electrons. The summed E-state index contributed by atoms with van der Waals surface area (Å²) in [6.45, 7) is 1.70. The summed E-state index contributed by atoms with van der Waals surface area (Å²) in [5, 5.41) is 11.5. The number of sulfonamides is 1. The zero-order valence-electron chi connectivity index (χ0n) is 12.1. The highest BCUT2D eigenvalue weighted by atomic mass is 32.2. The third-order valence-corrected chi connectivity index (χ3v) is 4.39. The predicted octanol–water partition coefficient (Wildman–Crippen LogP) is 1.75. The van der Waals surface area contributed by atoms with E-state index in [0.717, 1.165) is 12.8 Å². The minimum absolute atomic E-state index is 0.0999. The molecule has 4 N–H and O–H groups in total. The Bertz CT molecular complexity index is 803. The second-order valence-electron chi connectivity index (χ2n) is 5.33. The zero-order valence-corrected chi connectivity index (χ0v) is 12.9. The van der Waals surface area contributed by atoms with Crippen LogP contribution in [0.4, 0.5) is 17.5 Å². The van der Waals surface area contributed by atoms with Gasteiger partial charge in [-0.25, -0.2) is 18.5 Å². The first kappa shape index (κ1) is 14.7. The number of nitrogens with one attached hydrogen (secondary N) is 2. The number of hydrogen-bond acceptors (Lipinski definition) is 6. The van der Waals surface area contributed by atoms with E-state index < -0.39 is 10.0 Å². The predicted molar refractivity (Wildman–Crippen MR) is 84.5 cm³/mol. The van der Waals surface area contributed by atoms with Gasteiger partial charge in [-0.05, 0) is 43.5 Å². The first-order valence-corrected chi connectivity index (χ1v) is 8.46. The van der Waals surface area contributed by atoms with Gasteiger partial charge in [0.25, 0.3) is 0 Å². The molecule has 0 atom stereocenters. The molecule has 3 rings (SSSR count). The lowest BCUT2D eigenvalue weighted by Gasteiger charge is -2.10. The van der Waals surface area contributed by atoms with Crippen molar-refractivity contribution in [2.75, 3.05) is 10.6 Å². The second kappa shape index (κ2) is 5.54. The molecule has 22 heavy (non-hydrogen) atoms. The van der Waals surface area contributed by atoms with Crippen LogP contribution >= 0.6 is 0 Å². The van der Waals surface area contributed by atoms with Crippen LogP contribution in [0.2, 0.25) is 0 Å². The van der Waals surface area contributed by atoms with E-state index in [4.69, 9.17) is 5.14 Å². The number of primary sulfonamides is 1. The van der Waals surface area contributed by atoms with Crippen LogP contribution in [-0.2, 0) is 10.0 Å². The van der Waals surface area contributed by atoms with Crippen molar-refractivity contribution in [2.24, 2.45) is 5.14 Å². The van der Waals surface area contributed by atoms with Crippen LogP contribution in [0.3, 0.4) is 0 Å². The van der Waals surface area contributed by atoms with Gasteiger partial charge in [0.15, 0.2) is 0 Å². The quantitative estimate of drug-likeness (QED) is 0.774. The second-order valence-corrected chi connectivity index (χ2v) is 6.86. The fourth-order valence-corrected chi connectivity index (χ4v) is 2.85. The Morgan fingerprint density at radius 1 is 1.27 bits per heavy atom. The number of aromatic nitrogens is 2. The Hall–Kier alpha value is -2.19. The average Bonchev–Trinajstić information content (AvgIpc) is 3.24. The van der Waals surface area contributed by atoms with E-state index in [1.54, 1.807) is 31.3 Å². The summed E-state index contributed by atoms with van der Waals surface area (Å²) in [6, 6.07) is 7.16. The van der Waals surface area contributed by atoms with Gasteiger partial charge in [0.2, 0.25) is 16.0 Å². The topological polar surface area (TPSA) is 110 Å². The van der Waals surface area contributed by atoms with Crippen molar-refractivity contribution in [1.82, 2.24) is 9.97 Å². The molecular formula is C14H17N5O2S. The number of nitrogens with zero attached hydrogens (tertiary/aromatic N) is 2. The average molecular weight is 319 g/mol. The molecule has 0 bridgehead atoms. The molecule has 8 heteroatoms. The van der Waals surface area contributed by atoms with Crippen molar-refractivity contribution in [3.8, 4) is 0 Å². The summed E-state index contributed by atoms with van der Waals surface area (Å²) >= 11 is 0. The van der Waals surface area contributed by atoms with Gasteiger partial charge in [0.1, 0.15) is 5.82 Å². The van der Waals surface area contributed by atoms with Crippen LogP contribution in [0.5, 0.6) is 0 Å². The number of hydrogen-bond donors (Lipinski definition) is 3. The van der Waals surface area contributed by atoms with Crippen molar-refractivity contribution in [3.05, 3.63) is 36.0 Å². The molecule has 1 fully saturated rings. The van der Waals surface area contributed by atoms with E-state index in [-0.39, 0.29) is 4.90 Å². The van der Waals surface area contributed by atoms with Gasteiger partial charge in [0.05, 0.1) is 4.90 Å². The lowest BCUT2D eigenvalue weighted by molar-refractivity contribution is 0.597. The summed E-state index contributed by atoms with van der Waals surface area (Å²) < 4.78 is 23.1. The van der Waals surface area contributed by atoms with Gasteiger partial charge in [-0.2, -0.15) is 4.98 Å². The molecule has 0 radical (unpaired) electrons. The molecule has 0 unspecified atom stereocenters. The minimum Gasteiger partial charge on any atom is -0.351 e. The molecular weight excluding hydrogens is 302 g/mol. The van der Waals surface area contributed by atoms with E-state index >= 15 is 0 Å². The standard InChI is InChI=1S/C14H17N5O2S/c1-9-2-3-11(8-12(9)22(15,20)21)17-13-6-7-16-14(19-13)18-10-4-5-10/h2-3,6-8,10H,4-5H2,1H3,(H2,15,20,21)(H2,16,17,18,19). The minimum atomic E-state index is -3.75.